The molecule has 1 aliphatic carbocycles. The van der Waals surface area contributed by atoms with Crippen LogP contribution in [0.2, 0.25) is 0 Å². The Bertz CT molecular complexity index is 388. The first kappa shape index (κ1) is 13.5. The molecular formula is C15H23FN2. The van der Waals surface area contributed by atoms with Crippen LogP contribution in [-0.2, 0) is 0 Å². The van der Waals surface area contributed by atoms with E-state index >= 15 is 0 Å². The van der Waals surface area contributed by atoms with Crippen LogP contribution >= 0.6 is 0 Å². The third-order valence-electron chi connectivity index (χ3n) is 3.71. The minimum Gasteiger partial charge on any atom is -0.329 e. The van der Waals surface area contributed by atoms with E-state index < -0.39 is 0 Å². The molecule has 1 aliphatic rings. The molecule has 2 rings (SSSR count). The van der Waals surface area contributed by atoms with E-state index in [1.165, 1.54) is 25.7 Å². The Hall–Kier alpha value is -0.930. The number of aryl methyl sites for hydroxylation is 1. The standard InChI is InChI=1S/C15H23FN2/c1-11-4-7-13(9-14(11)16)15(10-17)18-8-2-3-12-5-6-12/h4,7,9,12,15,18H,2-3,5-6,8,10,17H2,1H3. The number of nitrogens with two attached hydrogens (primary N) is 1. The fourth-order valence-electron chi connectivity index (χ4n) is 2.24. The molecule has 0 saturated heterocycles. The van der Waals surface area contributed by atoms with Gasteiger partial charge in [-0.25, -0.2) is 4.39 Å². The second-order valence-corrected chi connectivity index (χ2v) is 5.34. The van der Waals surface area contributed by atoms with Crippen molar-refractivity contribution in [3.63, 3.8) is 0 Å². The van der Waals surface area contributed by atoms with Gasteiger partial charge in [0.1, 0.15) is 5.82 Å². The van der Waals surface area contributed by atoms with Crippen LogP contribution in [0.3, 0.4) is 0 Å². The predicted molar refractivity (Wildman–Crippen MR) is 72.9 cm³/mol. The predicted octanol–water partition coefficient (Wildman–Crippen LogP) is 2.91. The monoisotopic (exact) mass is 250 g/mol. The van der Waals surface area contributed by atoms with Crippen molar-refractivity contribution in [2.24, 2.45) is 11.7 Å². The number of halogens is 1. The summed E-state index contributed by atoms with van der Waals surface area (Å²) in [7, 11) is 0. The van der Waals surface area contributed by atoms with Crippen LogP contribution in [0, 0.1) is 18.7 Å². The second kappa shape index (κ2) is 6.30. The van der Waals surface area contributed by atoms with Crippen LogP contribution in [0.25, 0.3) is 0 Å². The number of hydrogen-bond donors (Lipinski definition) is 2. The molecule has 0 spiro atoms. The summed E-state index contributed by atoms with van der Waals surface area (Å²) in [6, 6.07) is 5.45. The molecule has 0 aliphatic heterocycles. The van der Waals surface area contributed by atoms with Gasteiger partial charge < -0.3 is 11.1 Å². The van der Waals surface area contributed by atoms with Gasteiger partial charge in [0, 0.05) is 12.6 Å². The van der Waals surface area contributed by atoms with Gasteiger partial charge in [0.2, 0.25) is 0 Å². The van der Waals surface area contributed by atoms with Gasteiger partial charge in [-0.3, -0.25) is 0 Å². The molecule has 1 atom stereocenters. The zero-order valence-electron chi connectivity index (χ0n) is 11.1. The first-order chi connectivity index (χ1) is 8.70. The van der Waals surface area contributed by atoms with Gasteiger partial charge in [-0.2, -0.15) is 0 Å². The smallest absolute Gasteiger partial charge is 0.126 e. The average Bonchev–Trinajstić information content (AvgIpc) is 3.17. The van der Waals surface area contributed by atoms with Crippen molar-refractivity contribution in [1.29, 1.82) is 0 Å². The molecule has 1 aromatic carbocycles. The summed E-state index contributed by atoms with van der Waals surface area (Å²) < 4.78 is 13.5. The summed E-state index contributed by atoms with van der Waals surface area (Å²) >= 11 is 0. The molecule has 1 saturated carbocycles. The van der Waals surface area contributed by atoms with Crippen molar-refractivity contribution in [3.8, 4) is 0 Å². The molecule has 2 nitrogen and oxygen atoms in total. The largest absolute Gasteiger partial charge is 0.329 e. The van der Waals surface area contributed by atoms with Crippen LogP contribution in [0.1, 0.15) is 42.9 Å². The summed E-state index contributed by atoms with van der Waals surface area (Å²) in [4.78, 5) is 0. The first-order valence-corrected chi connectivity index (χ1v) is 6.90. The molecular weight excluding hydrogens is 227 g/mol. The van der Waals surface area contributed by atoms with Gasteiger partial charge in [-0.15, -0.1) is 0 Å². The topological polar surface area (TPSA) is 38.0 Å². The number of nitrogens with one attached hydrogen (secondary N) is 1. The Morgan fingerprint density at radius 3 is 2.83 bits per heavy atom. The molecule has 3 N–H and O–H groups in total. The molecule has 1 aromatic rings. The lowest BCUT2D eigenvalue weighted by molar-refractivity contribution is 0.508. The molecule has 0 aromatic heterocycles. The van der Waals surface area contributed by atoms with Crippen molar-refractivity contribution in [2.75, 3.05) is 13.1 Å². The fourth-order valence-corrected chi connectivity index (χ4v) is 2.24. The Morgan fingerprint density at radius 1 is 1.44 bits per heavy atom. The zero-order chi connectivity index (χ0) is 13.0. The Kier molecular flexibility index (Phi) is 4.72. The number of benzene rings is 1. The minimum atomic E-state index is -0.147. The van der Waals surface area contributed by atoms with Crippen molar-refractivity contribution in [2.45, 2.75) is 38.6 Å². The molecule has 1 unspecified atom stereocenters. The third kappa shape index (κ3) is 3.79. The van der Waals surface area contributed by atoms with E-state index in [0.29, 0.717) is 12.1 Å². The number of rotatable bonds is 7. The average molecular weight is 250 g/mol. The minimum absolute atomic E-state index is 0.0688. The van der Waals surface area contributed by atoms with Crippen LogP contribution in [0.15, 0.2) is 18.2 Å². The molecule has 3 heteroatoms. The molecule has 0 radical (unpaired) electrons. The molecule has 18 heavy (non-hydrogen) atoms. The van der Waals surface area contributed by atoms with Gasteiger partial charge >= 0.3 is 0 Å². The van der Waals surface area contributed by atoms with Crippen molar-refractivity contribution < 1.29 is 4.39 Å². The summed E-state index contributed by atoms with van der Waals surface area (Å²) in [5.74, 6) is 0.825. The van der Waals surface area contributed by atoms with Crippen LogP contribution in [0.4, 0.5) is 4.39 Å². The van der Waals surface area contributed by atoms with Crippen LogP contribution < -0.4 is 11.1 Å². The number of hydrogen-bond acceptors (Lipinski definition) is 2. The molecule has 0 bridgehead atoms. The highest BCUT2D eigenvalue weighted by Crippen LogP contribution is 2.33. The van der Waals surface area contributed by atoms with E-state index in [9.17, 15) is 4.39 Å². The lowest BCUT2D eigenvalue weighted by Crippen LogP contribution is -2.29. The summed E-state index contributed by atoms with van der Waals surface area (Å²) in [6.07, 6.45) is 5.31. The van der Waals surface area contributed by atoms with Crippen molar-refractivity contribution >= 4 is 0 Å². The van der Waals surface area contributed by atoms with Crippen molar-refractivity contribution in [1.82, 2.24) is 5.32 Å². The zero-order valence-corrected chi connectivity index (χ0v) is 11.1. The molecule has 100 valence electrons. The second-order valence-electron chi connectivity index (χ2n) is 5.34. The lowest BCUT2D eigenvalue weighted by Gasteiger charge is -2.17. The summed E-state index contributed by atoms with van der Waals surface area (Å²) in [6.45, 7) is 3.25. The van der Waals surface area contributed by atoms with E-state index in [1.54, 1.807) is 13.0 Å². The maximum absolute atomic E-state index is 13.5. The highest BCUT2D eigenvalue weighted by atomic mass is 19.1. The van der Waals surface area contributed by atoms with Crippen LogP contribution in [-0.4, -0.2) is 13.1 Å². The molecule has 1 fully saturated rings. The van der Waals surface area contributed by atoms with E-state index in [4.69, 9.17) is 5.73 Å². The lowest BCUT2D eigenvalue weighted by atomic mass is 10.0. The maximum atomic E-state index is 13.5. The Morgan fingerprint density at radius 2 is 2.22 bits per heavy atom. The SMILES string of the molecule is Cc1ccc(C(CN)NCCCC2CC2)cc1F. The van der Waals surface area contributed by atoms with Gasteiger partial charge in [0.05, 0.1) is 0 Å². The highest BCUT2D eigenvalue weighted by molar-refractivity contribution is 5.26. The van der Waals surface area contributed by atoms with Crippen molar-refractivity contribution in [3.05, 3.63) is 35.1 Å². The van der Waals surface area contributed by atoms with Gasteiger partial charge in [0.15, 0.2) is 0 Å². The summed E-state index contributed by atoms with van der Waals surface area (Å²) in [5, 5.41) is 3.42. The Labute approximate surface area is 109 Å². The van der Waals surface area contributed by atoms with Gasteiger partial charge in [-0.1, -0.05) is 25.0 Å². The Balaban J connectivity index is 1.83. The van der Waals surface area contributed by atoms with Crippen LogP contribution in [0.5, 0.6) is 0 Å². The first-order valence-electron chi connectivity index (χ1n) is 6.90. The highest BCUT2D eigenvalue weighted by Gasteiger charge is 2.20. The quantitative estimate of drug-likeness (QED) is 0.730. The molecule has 0 amide bonds. The fraction of sp³-hybridized carbons (Fsp3) is 0.600. The molecule has 0 heterocycles. The van der Waals surface area contributed by atoms with E-state index in [1.807, 2.05) is 12.1 Å². The van der Waals surface area contributed by atoms with E-state index in [0.717, 1.165) is 18.0 Å². The van der Waals surface area contributed by atoms with Gasteiger partial charge in [-0.05, 0) is 49.4 Å². The third-order valence-corrected chi connectivity index (χ3v) is 3.71. The van der Waals surface area contributed by atoms with E-state index in [-0.39, 0.29) is 11.9 Å². The van der Waals surface area contributed by atoms with Gasteiger partial charge in [0.25, 0.3) is 0 Å². The normalized spacial score (nSPS) is 16.8. The maximum Gasteiger partial charge on any atom is 0.126 e. The summed E-state index contributed by atoms with van der Waals surface area (Å²) in [5.41, 5.74) is 7.40. The van der Waals surface area contributed by atoms with E-state index in [2.05, 4.69) is 5.32 Å².